The molecule has 0 aliphatic carbocycles. The second kappa shape index (κ2) is 7.76. The number of rotatable bonds is 5. The fourth-order valence-corrected chi connectivity index (χ4v) is 3.65. The first-order valence-corrected chi connectivity index (χ1v) is 9.70. The summed E-state index contributed by atoms with van der Waals surface area (Å²) in [6.07, 6.45) is 2.34. The van der Waals surface area contributed by atoms with E-state index in [2.05, 4.69) is 14.6 Å². The lowest BCUT2D eigenvalue weighted by atomic mass is 10.1. The third-order valence-electron chi connectivity index (χ3n) is 4.91. The molecule has 0 bridgehead atoms. The molecule has 3 aromatic rings. The molecule has 5 nitrogen and oxygen atoms in total. The van der Waals surface area contributed by atoms with E-state index in [-0.39, 0.29) is 11.6 Å². The van der Waals surface area contributed by atoms with Crippen molar-refractivity contribution in [2.75, 3.05) is 6.54 Å². The van der Waals surface area contributed by atoms with E-state index < -0.39 is 5.85 Å². The van der Waals surface area contributed by atoms with Gasteiger partial charge < -0.3 is 9.30 Å². The monoisotopic (exact) mass is 420 g/mol. The number of fused-ring (bicyclic) bond motifs is 1. The van der Waals surface area contributed by atoms with Crippen LogP contribution in [-0.4, -0.2) is 31.8 Å². The highest BCUT2D eigenvalue weighted by atomic mass is 31.0. The van der Waals surface area contributed by atoms with Crippen LogP contribution in [0.25, 0.3) is 11.4 Å². The second-order valence-corrected chi connectivity index (χ2v) is 7.64. The van der Waals surface area contributed by atoms with Crippen LogP contribution in [-0.2, 0) is 26.6 Å². The van der Waals surface area contributed by atoms with E-state index >= 15 is 0 Å². The van der Waals surface area contributed by atoms with Gasteiger partial charge in [0.2, 0.25) is 0 Å². The third kappa shape index (κ3) is 4.43. The summed E-state index contributed by atoms with van der Waals surface area (Å²) in [7, 11) is 3.27. The Kier molecular flexibility index (Phi) is 5.32. The van der Waals surface area contributed by atoms with Crippen LogP contribution in [0.2, 0.25) is 0 Å². The van der Waals surface area contributed by atoms with E-state index in [0.29, 0.717) is 18.8 Å². The molecule has 1 aromatic carbocycles. The van der Waals surface area contributed by atoms with Gasteiger partial charge in [-0.1, -0.05) is 0 Å². The highest BCUT2D eigenvalue weighted by Gasteiger charge is 2.25. The molecule has 0 amide bonds. The lowest BCUT2D eigenvalue weighted by molar-refractivity contribution is -0.0892. The Morgan fingerprint density at radius 1 is 1.21 bits per heavy atom. The quantitative estimate of drug-likeness (QED) is 0.586. The zero-order chi connectivity index (χ0) is 20.6. The molecular formula is C20H20F3N4OP. The van der Waals surface area contributed by atoms with Crippen LogP contribution in [0.15, 0.2) is 42.6 Å². The standard InChI is InChI=1S/C20H20F3N4OP/c1-26-18-12-27(11-17-15(21)3-2-9-24-17)10-8-16(18)25-19(26)13-4-6-14(7-5-13)28-20(22,23)29/h2-7,9H,8,10-12,29H2,1H3. The number of alkyl halides is 2. The first-order chi connectivity index (χ1) is 13.8. The molecule has 1 aliphatic rings. The smallest absolute Gasteiger partial charge is 0.408 e. The molecule has 152 valence electrons. The lowest BCUT2D eigenvalue weighted by Gasteiger charge is -2.26. The zero-order valence-corrected chi connectivity index (χ0v) is 16.9. The van der Waals surface area contributed by atoms with Crippen molar-refractivity contribution < 1.29 is 17.9 Å². The Hall–Kier alpha value is -2.44. The zero-order valence-electron chi connectivity index (χ0n) is 15.8. The van der Waals surface area contributed by atoms with Crippen molar-refractivity contribution in [3.8, 4) is 17.1 Å². The molecule has 0 radical (unpaired) electrons. The third-order valence-corrected chi connectivity index (χ3v) is 5.03. The summed E-state index contributed by atoms with van der Waals surface area (Å²) in [6, 6.07) is 9.41. The van der Waals surface area contributed by atoms with Gasteiger partial charge in [0.15, 0.2) is 0 Å². The van der Waals surface area contributed by atoms with E-state index in [4.69, 9.17) is 4.98 Å². The lowest BCUT2D eigenvalue weighted by Crippen LogP contribution is -2.31. The van der Waals surface area contributed by atoms with Crippen molar-refractivity contribution >= 4 is 9.24 Å². The van der Waals surface area contributed by atoms with E-state index in [9.17, 15) is 13.2 Å². The van der Waals surface area contributed by atoms with Crippen LogP contribution in [0.4, 0.5) is 13.2 Å². The fourth-order valence-electron chi connectivity index (χ4n) is 3.51. The molecule has 9 heteroatoms. The summed E-state index contributed by atoms with van der Waals surface area (Å²) in [5, 5.41) is 0. The van der Waals surface area contributed by atoms with Gasteiger partial charge in [0, 0.05) is 44.9 Å². The largest absolute Gasteiger partial charge is 0.430 e. The van der Waals surface area contributed by atoms with Crippen molar-refractivity contribution in [1.82, 2.24) is 19.4 Å². The Labute approximate surface area is 168 Å². The normalized spacial score (nSPS) is 14.7. The van der Waals surface area contributed by atoms with Crippen LogP contribution in [0.3, 0.4) is 0 Å². The van der Waals surface area contributed by atoms with Gasteiger partial charge in [0.1, 0.15) is 17.4 Å². The second-order valence-electron chi connectivity index (χ2n) is 6.97. The maximum absolute atomic E-state index is 13.9. The molecule has 1 unspecified atom stereocenters. The number of imidazole rings is 1. The summed E-state index contributed by atoms with van der Waals surface area (Å²) in [5.74, 6) is -2.77. The minimum absolute atomic E-state index is 0.0799. The number of benzene rings is 1. The molecule has 4 rings (SSSR count). The molecule has 0 saturated heterocycles. The van der Waals surface area contributed by atoms with Gasteiger partial charge in [-0.15, -0.1) is 0 Å². The summed E-state index contributed by atoms with van der Waals surface area (Å²) in [6.45, 7) is 1.83. The number of aromatic nitrogens is 3. The number of nitrogens with zero attached hydrogens (tertiary/aromatic N) is 4. The van der Waals surface area contributed by atoms with Gasteiger partial charge in [0.25, 0.3) is 0 Å². The maximum atomic E-state index is 13.9. The van der Waals surface area contributed by atoms with Crippen LogP contribution in [0, 0.1) is 5.82 Å². The van der Waals surface area contributed by atoms with Crippen molar-refractivity contribution in [2.45, 2.75) is 25.4 Å². The predicted molar refractivity (Wildman–Crippen MR) is 106 cm³/mol. The highest BCUT2D eigenvalue weighted by molar-refractivity contribution is 7.17. The molecule has 1 atom stereocenters. The van der Waals surface area contributed by atoms with Gasteiger partial charge in [-0.3, -0.25) is 9.88 Å². The number of hydrogen-bond acceptors (Lipinski definition) is 4. The predicted octanol–water partition coefficient (Wildman–Crippen LogP) is 3.98. The van der Waals surface area contributed by atoms with Gasteiger partial charge in [-0.05, 0) is 45.6 Å². The van der Waals surface area contributed by atoms with E-state index in [1.807, 2.05) is 11.6 Å². The molecule has 1 aliphatic heterocycles. The molecule has 0 spiro atoms. The fraction of sp³-hybridized carbons (Fsp3) is 0.300. The first kappa shape index (κ1) is 19.9. The molecular weight excluding hydrogens is 400 g/mol. The van der Waals surface area contributed by atoms with Crippen LogP contribution in [0.5, 0.6) is 5.75 Å². The Morgan fingerprint density at radius 2 is 1.97 bits per heavy atom. The van der Waals surface area contributed by atoms with Crippen LogP contribution < -0.4 is 4.74 Å². The average molecular weight is 420 g/mol. The summed E-state index contributed by atoms with van der Waals surface area (Å²) >= 11 is 0. The minimum atomic E-state index is -3.31. The summed E-state index contributed by atoms with van der Waals surface area (Å²) in [5.41, 5.74) is 3.29. The van der Waals surface area contributed by atoms with Crippen LogP contribution in [0.1, 0.15) is 17.1 Å². The summed E-state index contributed by atoms with van der Waals surface area (Å²) in [4.78, 5) is 11.0. The van der Waals surface area contributed by atoms with Gasteiger partial charge in [-0.25, -0.2) is 9.37 Å². The van der Waals surface area contributed by atoms with Gasteiger partial charge >= 0.3 is 5.85 Å². The SMILES string of the molecule is Cn1c(-c2ccc(OC(F)(F)P)cc2)nc2c1CN(Cc1ncccc1F)CC2. The topological polar surface area (TPSA) is 43.2 Å². The van der Waals surface area contributed by atoms with E-state index in [1.54, 1.807) is 24.4 Å². The molecule has 2 aromatic heterocycles. The van der Waals surface area contributed by atoms with Crippen molar-refractivity contribution in [3.63, 3.8) is 0 Å². The molecule has 0 fully saturated rings. The Morgan fingerprint density at radius 3 is 2.66 bits per heavy atom. The number of hydrogen-bond donors (Lipinski definition) is 0. The van der Waals surface area contributed by atoms with E-state index in [1.165, 1.54) is 27.4 Å². The maximum Gasteiger partial charge on any atom is 0.408 e. The molecule has 29 heavy (non-hydrogen) atoms. The van der Waals surface area contributed by atoms with Gasteiger partial charge in [-0.2, -0.15) is 8.78 Å². The van der Waals surface area contributed by atoms with E-state index in [0.717, 1.165) is 35.7 Å². The van der Waals surface area contributed by atoms with Crippen molar-refractivity contribution in [3.05, 3.63) is 65.5 Å². The average Bonchev–Trinajstić information content (AvgIpc) is 2.99. The molecule has 0 N–H and O–H groups in total. The Balaban J connectivity index is 1.53. The number of halogens is 3. The van der Waals surface area contributed by atoms with Gasteiger partial charge in [0.05, 0.1) is 17.1 Å². The van der Waals surface area contributed by atoms with Crippen LogP contribution >= 0.6 is 9.24 Å². The Bertz CT molecular complexity index is 1020. The number of ether oxygens (including phenoxy) is 1. The highest BCUT2D eigenvalue weighted by Crippen LogP contribution is 2.30. The summed E-state index contributed by atoms with van der Waals surface area (Å²) < 4.78 is 46.4. The number of pyridine rings is 1. The first-order valence-electron chi connectivity index (χ1n) is 9.12. The van der Waals surface area contributed by atoms with Crippen molar-refractivity contribution in [1.29, 1.82) is 0 Å². The molecule has 3 heterocycles. The van der Waals surface area contributed by atoms with Crippen molar-refractivity contribution in [2.24, 2.45) is 7.05 Å². The molecule has 0 saturated carbocycles. The minimum Gasteiger partial charge on any atom is -0.430 e.